The van der Waals surface area contributed by atoms with Gasteiger partial charge in [-0.25, -0.2) is 0 Å². The molecule has 16 heavy (non-hydrogen) atoms. The fourth-order valence-corrected chi connectivity index (χ4v) is 1.84. The average Bonchev–Trinajstić information content (AvgIpc) is 2.33. The van der Waals surface area contributed by atoms with Crippen LogP contribution in [0.3, 0.4) is 0 Å². The van der Waals surface area contributed by atoms with E-state index >= 15 is 0 Å². The first-order valence-electron chi connectivity index (χ1n) is 5.45. The van der Waals surface area contributed by atoms with Crippen molar-refractivity contribution in [1.29, 1.82) is 0 Å². The van der Waals surface area contributed by atoms with Crippen LogP contribution in [0.4, 0.5) is 0 Å². The first kappa shape index (κ1) is 11.9. The minimum Gasteiger partial charge on any atom is -0.492 e. The van der Waals surface area contributed by atoms with Crippen molar-refractivity contribution in [2.75, 3.05) is 39.5 Å². The quantitative estimate of drug-likeness (QED) is 0.844. The Balaban J connectivity index is 1.69. The molecule has 1 fully saturated rings. The van der Waals surface area contributed by atoms with Gasteiger partial charge in [0.05, 0.1) is 13.2 Å². The van der Waals surface area contributed by atoms with Gasteiger partial charge in [0, 0.05) is 30.2 Å². The molecule has 1 aliphatic rings. The normalized spacial score (nSPS) is 17.3. The van der Waals surface area contributed by atoms with Crippen LogP contribution in [0.15, 0.2) is 22.7 Å². The van der Waals surface area contributed by atoms with E-state index in [1.807, 2.05) is 18.2 Å². The number of hydrogen-bond acceptors (Lipinski definition) is 3. The minimum absolute atomic E-state index is 0.706. The maximum Gasteiger partial charge on any atom is 0.127 e. The largest absolute Gasteiger partial charge is 0.492 e. The second kappa shape index (κ2) is 6.23. The van der Waals surface area contributed by atoms with Gasteiger partial charge in [-0.2, -0.15) is 0 Å². The maximum absolute atomic E-state index is 5.60. The lowest BCUT2D eigenvalue weighted by Gasteiger charge is -2.26. The molecule has 0 aliphatic carbocycles. The van der Waals surface area contributed by atoms with Crippen molar-refractivity contribution in [2.24, 2.45) is 0 Å². The lowest BCUT2D eigenvalue weighted by atomic mass is 10.3. The molecule has 87 valence electrons. The zero-order valence-corrected chi connectivity index (χ0v) is 10.7. The van der Waals surface area contributed by atoms with Crippen LogP contribution >= 0.6 is 15.9 Å². The second-order valence-electron chi connectivity index (χ2n) is 3.67. The fraction of sp³-hybridized carbons (Fsp3) is 0.500. The molecule has 1 aliphatic heterocycles. The van der Waals surface area contributed by atoms with E-state index in [0.29, 0.717) is 6.61 Å². The van der Waals surface area contributed by atoms with Gasteiger partial charge in [0.2, 0.25) is 0 Å². The van der Waals surface area contributed by atoms with E-state index in [-0.39, 0.29) is 0 Å². The van der Waals surface area contributed by atoms with Crippen molar-refractivity contribution in [3.05, 3.63) is 28.7 Å². The van der Waals surface area contributed by atoms with E-state index in [4.69, 9.17) is 9.47 Å². The maximum atomic E-state index is 5.60. The van der Waals surface area contributed by atoms with Crippen molar-refractivity contribution < 1.29 is 9.47 Å². The molecule has 1 saturated heterocycles. The van der Waals surface area contributed by atoms with E-state index in [1.165, 1.54) is 0 Å². The summed E-state index contributed by atoms with van der Waals surface area (Å²) in [4.78, 5) is 2.35. The van der Waals surface area contributed by atoms with Crippen LogP contribution in [-0.4, -0.2) is 44.4 Å². The Kier molecular flexibility index (Phi) is 4.63. The molecule has 0 atom stereocenters. The summed E-state index contributed by atoms with van der Waals surface area (Å²) in [6, 6.07) is 8.81. The number of morpholine rings is 1. The van der Waals surface area contributed by atoms with Gasteiger partial charge in [0.1, 0.15) is 12.4 Å². The Morgan fingerprint density at radius 1 is 1.38 bits per heavy atom. The molecule has 3 nitrogen and oxygen atoms in total. The second-order valence-corrected chi connectivity index (χ2v) is 4.59. The van der Waals surface area contributed by atoms with E-state index in [1.54, 1.807) is 0 Å². The van der Waals surface area contributed by atoms with E-state index in [2.05, 4.69) is 26.9 Å². The van der Waals surface area contributed by atoms with Gasteiger partial charge in [-0.15, -0.1) is 0 Å². The highest BCUT2D eigenvalue weighted by Gasteiger charge is 2.09. The number of nitrogens with zero attached hydrogens (tertiary/aromatic N) is 1. The monoisotopic (exact) mass is 284 g/mol. The van der Waals surface area contributed by atoms with Crippen molar-refractivity contribution in [2.45, 2.75) is 0 Å². The smallest absolute Gasteiger partial charge is 0.127 e. The number of halogens is 1. The summed E-state index contributed by atoms with van der Waals surface area (Å²) < 4.78 is 11.9. The van der Waals surface area contributed by atoms with Crippen LogP contribution in [0.25, 0.3) is 0 Å². The SMILES string of the molecule is Brc1c[c]c(OCCN2CCOCC2)cc1. The van der Waals surface area contributed by atoms with Gasteiger partial charge in [-0.05, 0) is 18.2 Å². The Hall–Kier alpha value is -0.580. The number of ether oxygens (including phenoxy) is 2. The van der Waals surface area contributed by atoms with Crippen molar-refractivity contribution in [3.63, 3.8) is 0 Å². The van der Waals surface area contributed by atoms with Crippen molar-refractivity contribution in [1.82, 2.24) is 4.90 Å². The highest BCUT2D eigenvalue weighted by Crippen LogP contribution is 2.15. The van der Waals surface area contributed by atoms with Gasteiger partial charge < -0.3 is 9.47 Å². The molecule has 2 rings (SSSR count). The zero-order valence-electron chi connectivity index (χ0n) is 9.12. The molecule has 0 spiro atoms. The van der Waals surface area contributed by atoms with Gasteiger partial charge in [0.15, 0.2) is 0 Å². The molecule has 1 aromatic rings. The summed E-state index contributed by atoms with van der Waals surface area (Å²) in [6.45, 7) is 5.35. The lowest BCUT2D eigenvalue weighted by molar-refractivity contribution is 0.0322. The van der Waals surface area contributed by atoms with Crippen LogP contribution in [0.5, 0.6) is 5.75 Å². The molecule has 1 aromatic carbocycles. The third-order valence-electron chi connectivity index (χ3n) is 2.52. The fourth-order valence-electron chi connectivity index (χ4n) is 1.59. The summed E-state index contributed by atoms with van der Waals surface area (Å²) in [5.41, 5.74) is 0. The number of benzene rings is 1. The lowest BCUT2D eigenvalue weighted by Crippen LogP contribution is -2.38. The number of hydrogen-bond donors (Lipinski definition) is 0. The summed E-state index contributed by atoms with van der Waals surface area (Å²) in [5, 5.41) is 0. The summed E-state index contributed by atoms with van der Waals surface area (Å²) in [5.74, 6) is 0.802. The Bertz CT molecular complexity index is 309. The third-order valence-corrected chi connectivity index (χ3v) is 3.01. The minimum atomic E-state index is 0.706. The highest BCUT2D eigenvalue weighted by atomic mass is 79.9. The summed E-state index contributed by atoms with van der Waals surface area (Å²) >= 11 is 3.37. The third kappa shape index (κ3) is 3.77. The first-order chi connectivity index (χ1) is 7.84. The molecule has 0 saturated carbocycles. The van der Waals surface area contributed by atoms with E-state index in [0.717, 1.165) is 43.1 Å². The molecule has 1 heterocycles. The number of rotatable bonds is 4. The molecule has 0 amide bonds. The van der Waals surface area contributed by atoms with Gasteiger partial charge >= 0.3 is 0 Å². The van der Waals surface area contributed by atoms with E-state index < -0.39 is 0 Å². The van der Waals surface area contributed by atoms with Crippen LogP contribution in [0.1, 0.15) is 0 Å². The molecular formula is C12H15BrNO2. The molecule has 1 radical (unpaired) electrons. The van der Waals surface area contributed by atoms with Gasteiger partial charge in [-0.1, -0.05) is 15.9 Å². The Labute approximate surface area is 104 Å². The summed E-state index contributed by atoms with van der Waals surface area (Å²) in [7, 11) is 0. The topological polar surface area (TPSA) is 21.7 Å². The molecule has 0 aromatic heterocycles. The van der Waals surface area contributed by atoms with Gasteiger partial charge in [-0.3, -0.25) is 4.90 Å². The van der Waals surface area contributed by atoms with Crippen LogP contribution in [-0.2, 0) is 4.74 Å². The predicted molar refractivity (Wildman–Crippen MR) is 65.7 cm³/mol. The molecule has 0 N–H and O–H groups in total. The van der Waals surface area contributed by atoms with Gasteiger partial charge in [0.25, 0.3) is 0 Å². The summed E-state index contributed by atoms with van der Waals surface area (Å²) in [6.07, 6.45) is 0. The highest BCUT2D eigenvalue weighted by molar-refractivity contribution is 9.10. The Morgan fingerprint density at radius 3 is 2.88 bits per heavy atom. The first-order valence-corrected chi connectivity index (χ1v) is 6.24. The van der Waals surface area contributed by atoms with E-state index in [9.17, 15) is 0 Å². The Morgan fingerprint density at radius 2 is 2.19 bits per heavy atom. The zero-order chi connectivity index (χ0) is 11.2. The molecule has 0 bridgehead atoms. The van der Waals surface area contributed by atoms with Crippen molar-refractivity contribution >= 4 is 15.9 Å². The average molecular weight is 285 g/mol. The van der Waals surface area contributed by atoms with Crippen molar-refractivity contribution in [3.8, 4) is 5.75 Å². The van der Waals surface area contributed by atoms with Crippen LogP contribution in [0.2, 0.25) is 0 Å². The molecule has 0 unspecified atom stereocenters. The molecular weight excluding hydrogens is 270 g/mol. The predicted octanol–water partition coefficient (Wildman–Crippen LogP) is 1.96. The van der Waals surface area contributed by atoms with Crippen LogP contribution in [0, 0.1) is 6.07 Å². The van der Waals surface area contributed by atoms with Crippen LogP contribution < -0.4 is 4.74 Å². The standard InChI is InChI=1S/C12H15BrNO2/c13-11-1-3-12(4-2-11)16-10-7-14-5-8-15-9-6-14/h1-3H,5-10H2. The molecule has 4 heteroatoms.